The number of amides is 1. The monoisotopic (exact) mass is 410 g/mol. The molecule has 0 saturated heterocycles. The maximum absolute atomic E-state index is 12.5. The van der Waals surface area contributed by atoms with E-state index in [2.05, 4.69) is 22.4 Å². The molecule has 3 rings (SSSR count). The Morgan fingerprint density at radius 1 is 1.28 bits per heavy atom. The van der Waals surface area contributed by atoms with E-state index in [-0.39, 0.29) is 5.57 Å². The smallest absolute Gasteiger partial charge is 0.268 e. The Morgan fingerprint density at radius 3 is 2.72 bits per heavy atom. The number of carbonyl (C=O) groups is 1. The lowest BCUT2D eigenvalue weighted by atomic mass is 9.90. The van der Waals surface area contributed by atoms with Crippen LogP contribution in [0.2, 0.25) is 0 Å². The van der Waals surface area contributed by atoms with Gasteiger partial charge in [-0.3, -0.25) is 10.1 Å². The number of rotatable bonds is 8. The summed E-state index contributed by atoms with van der Waals surface area (Å²) in [7, 11) is 0. The summed E-state index contributed by atoms with van der Waals surface area (Å²) in [5.74, 6) is 0.751. The number of benzene rings is 1. The zero-order valence-electron chi connectivity index (χ0n) is 16.7. The van der Waals surface area contributed by atoms with Crippen molar-refractivity contribution in [2.45, 2.75) is 57.8 Å². The third-order valence-corrected chi connectivity index (χ3v) is 5.94. The molecule has 1 heterocycles. The Labute approximate surface area is 175 Å². The van der Waals surface area contributed by atoms with Gasteiger partial charge < -0.3 is 4.74 Å². The average molecular weight is 411 g/mol. The summed E-state index contributed by atoms with van der Waals surface area (Å²) in [6.45, 7) is 2.80. The summed E-state index contributed by atoms with van der Waals surface area (Å²) < 4.78 is 5.63. The Kier molecular flexibility index (Phi) is 7.77. The van der Waals surface area contributed by atoms with Crippen LogP contribution in [0.4, 0.5) is 5.13 Å². The fourth-order valence-corrected chi connectivity index (χ4v) is 4.18. The second-order valence-electron chi connectivity index (χ2n) is 7.18. The van der Waals surface area contributed by atoms with Crippen LogP contribution >= 0.6 is 11.3 Å². The fraction of sp³-hybridized carbons (Fsp3) is 0.455. The first-order chi connectivity index (χ1) is 14.2. The van der Waals surface area contributed by atoms with Gasteiger partial charge in [0.25, 0.3) is 5.91 Å². The quantitative estimate of drug-likeness (QED) is 0.362. The van der Waals surface area contributed by atoms with Crippen molar-refractivity contribution in [2.75, 3.05) is 11.9 Å². The van der Waals surface area contributed by atoms with Crippen molar-refractivity contribution >= 4 is 28.5 Å². The molecule has 1 fully saturated rings. The van der Waals surface area contributed by atoms with Gasteiger partial charge in [0.2, 0.25) is 5.13 Å². The molecule has 7 heteroatoms. The number of aromatic nitrogens is 2. The third-order valence-electron chi connectivity index (χ3n) is 4.94. The molecule has 152 valence electrons. The predicted octanol–water partition coefficient (Wildman–Crippen LogP) is 5.31. The number of hydrogen-bond acceptors (Lipinski definition) is 6. The summed E-state index contributed by atoms with van der Waals surface area (Å²) in [6, 6.07) is 9.32. The number of nitriles is 1. The molecule has 1 aliphatic rings. The number of hydrogen-bond donors (Lipinski definition) is 1. The third kappa shape index (κ3) is 6.13. The molecule has 0 bridgehead atoms. The van der Waals surface area contributed by atoms with E-state index in [1.54, 1.807) is 6.08 Å². The van der Waals surface area contributed by atoms with Gasteiger partial charge in [-0.15, -0.1) is 10.2 Å². The molecular formula is C22H26N4O2S. The highest BCUT2D eigenvalue weighted by atomic mass is 32.1. The molecule has 1 aromatic heterocycles. The van der Waals surface area contributed by atoms with Gasteiger partial charge in [-0.25, -0.2) is 0 Å². The highest BCUT2D eigenvalue weighted by Gasteiger charge is 2.20. The van der Waals surface area contributed by atoms with Crippen LogP contribution < -0.4 is 10.1 Å². The Hall–Kier alpha value is -2.72. The van der Waals surface area contributed by atoms with Crippen LogP contribution in [-0.4, -0.2) is 22.7 Å². The molecular weight excluding hydrogens is 384 g/mol. The highest BCUT2D eigenvalue weighted by Crippen LogP contribution is 2.35. The molecule has 0 radical (unpaired) electrons. The lowest BCUT2D eigenvalue weighted by molar-refractivity contribution is -0.112. The normalized spacial score (nSPS) is 15.0. The van der Waals surface area contributed by atoms with Crippen molar-refractivity contribution < 1.29 is 9.53 Å². The average Bonchev–Trinajstić information content (AvgIpc) is 3.22. The standard InChI is InChI=1S/C22H26N4O2S/c1-2-3-13-28-19-11-9-16(10-12-19)14-18(15-23)20(27)24-22-26-25-21(29-22)17-7-5-4-6-8-17/h9-12,14,17H,2-8,13H2,1H3,(H,24,26,27)/b18-14+. The maximum Gasteiger partial charge on any atom is 0.268 e. The summed E-state index contributed by atoms with van der Waals surface area (Å²) in [6.07, 6.45) is 9.63. The number of nitrogens with one attached hydrogen (secondary N) is 1. The van der Waals surface area contributed by atoms with Gasteiger partial charge in [0.15, 0.2) is 0 Å². The molecule has 0 aliphatic heterocycles. The minimum atomic E-state index is -0.470. The number of carbonyl (C=O) groups excluding carboxylic acids is 1. The van der Waals surface area contributed by atoms with Crippen molar-refractivity contribution in [1.82, 2.24) is 10.2 Å². The van der Waals surface area contributed by atoms with E-state index in [0.717, 1.165) is 42.0 Å². The van der Waals surface area contributed by atoms with E-state index in [9.17, 15) is 10.1 Å². The van der Waals surface area contributed by atoms with Crippen molar-refractivity contribution in [1.29, 1.82) is 5.26 Å². The summed E-state index contributed by atoms with van der Waals surface area (Å²) in [5.41, 5.74) is 0.791. The largest absolute Gasteiger partial charge is 0.494 e. The van der Waals surface area contributed by atoms with Gasteiger partial charge in [-0.1, -0.05) is 56.1 Å². The van der Waals surface area contributed by atoms with E-state index >= 15 is 0 Å². The van der Waals surface area contributed by atoms with Crippen LogP contribution in [0.15, 0.2) is 29.8 Å². The molecule has 6 nitrogen and oxygen atoms in total. The molecule has 0 atom stereocenters. The number of anilines is 1. The van der Waals surface area contributed by atoms with Crippen molar-refractivity contribution in [2.24, 2.45) is 0 Å². The molecule has 1 N–H and O–H groups in total. The Balaban J connectivity index is 1.61. The molecule has 0 unspecified atom stereocenters. The first-order valence-corrected chi connectivity index (χ1v) is 11.0. The molecule has 2 aromatic rings. The molecule has 1 saturated carbocycles. The minimum absolute atomic E-state index is 0.0269. The number of unbranched alkanes of at least 4 members (excludes halogenated alkanes) is 1. The highest BCUT2D eigenvalue weighted by molar-refractivity contribution is 7.15. The Bertz CT molecular complexity index is 877. The zero-order chi connectivity index (χ0) is 20.5. The second-order valence-corrected chi connectivity index (χ2v) is 8.18. The van der Waals surface area contributed by atoms with Crippen molar-refractivity contribution in [3.05, 3.63) is 40.4 Å². The topological polar surface area (TPSA) is 87.9 Å². The molecule has 29 heavy (non-hydrogen) atoms. The van der Waals surface area contributed by atoms with E-state index < -0.39 is 5.91 Å². The van der Waals surface area contributed by atoms with Gasteiger partial charge in [0, 0.05) is 5.92 Å². The zero-order valence-corrected chi connectivity index (χ0v) is 17.5. The first kappa shape index (κ1) is 21.0. The fourth-order valence-electron chi connectivity index (χ4n) is 3.27. The van der Waals surface area contributed by atoms with Gasteiger partial charge in [-0.2, -0.15) is 5.26 Å². The van der Waals surface area contributed by atoms with Gasteiger partial charge in [0.05, 0.1) is 6.61 Å². The van der Waals surface area contributed by atoms with E-state index in [1.165, 1.54) is 30.6 Å². The van der Waals surface area contributed by atoms with Crippen LogP contribution in [-0.2, 0) is 4.79 Å². The van der Waals surface area contributed by atoms with E-state index in [0.29, 0.717) is 17.7 Å². The van der Waals surface area contributed by atoms with E-state index in [1.807, 2.05) is 30.3 Å². The van der Waals surface area contributed by atoms with Crippen LogP contribution in [0.3, 0.4) is 0 Å². The molecule has 1 aromatic carbocycles. The first-order valence-electron chi connectivity index (χ1n) is 10.2. The van der Waals surface area contributed by atoms with Crippen molar-refractivity contribution in [3.8, 4) is 11.8 Å². The maximum atomic E-state index is 12.5. The Morgan fingerprint density at radius 2 is 2.03 bits per heavy atom. The molecule has 1 aliphatic carbocycles. The minimum Gasteiger partial charge on any atom is -0.494 e. The SMILES string of the molecule is CCCCOc1ccc(/C=C(\C#N)C(=O)Nc2nnc(C3CCCCC3)s2)cc1. The van der Waals surface area contributed by atoms with Gasteiger partial charge in [-0.05, 0) is 43.0 Å². The van der Waals surface area contributed by atoms with Crippen LogP contribution in [0.25, 0.3) is 6.08 Å². The lowest BCUT2D eigenvalue weighted by Gasteiger charge is -2.18. The molecule has 1 amide bonds. The summed E-state index contributed by atoms with van der Waals surface area (Å²) in [4.78, 5) is 12.5. The van der Waals surface area contributed by atoms with Gasteiger partial charge >= 0.3 is 0 Å². The predicted molar refractivity (Wildman–Crippen MR) is 115 cm³/mol. The van der Waals surface area contributed by atoms with E-state index in [4.69, 9.17) is 4.74 Å². The van der Waals surface area contributed by atoms with Gasteiger partial charge in [0.1, 0.15) is 22.4 Å². The second kappa shape index (κ2) is 10.7. The molecule has 0 spiro atoms. The number of nitrogens with zero attached hydrogens (tertiary/aromatic N) is 3. The summed E-state index contributed by atoms with van der Waals surface area (Å²) >= 11 is 1.41. The van der Waals surface area contributed by atoms with Crippen LogP contribution in [0.1, 0.15) is 68.4 Å². The van der Waals surface area contributed by atoms with Crippen LogP contribution in [0.5, 0.6) is 5.75 Å². The summed E-state index contributed by atoms with van der Waals surface area (Å²) in [5, 5.41) is 21.9. The van der Waals surface area contributed by atoms with Crippen LogP contribution in [0, 0.1) is 11.3 Å². The lowest BCUT2D eigenvalue weighted by Crippen LogP contribution is -2.13. The van der Waals surface area contributed by atoms with Crippen molar-refractivity contribution in [3.63, 3.8) is 0 Å². The number of ether oxygens (including phenoxy) is 1.